The van der Waals surface area contributed by atoms with Gasteiger partial charge in [0.15, 0.2) is 0 Å². The summed E-state index contributed by atoms with van der Waals surface area (Å²) < 4.78 is 10.0. The van der Waals surface area contributed by atoms with Gasteiger partial charge in [-0.15, -0.1) is 0 Å². The van der Waals surface area contributed by atoms with Crippen molar-refractivity contribution in [1.29, 1.82) is 0 Å². The Morgan fingerprint density at radius 2 is 1.46 bits per heavy atom. The molecule has 0 bridgehead atoms. The fourth-order valence-corrected chi connectivity index (χ4v) is 4.24. The van der Waals surface area contributed by atoms with Crippen LogP contribution in [0.1, 0.15) is 30.9 Å². The summed E-state index contributed by atoms with van der Waals surface area (Å²) in [5, 5.41) is 22.9. The van der Waals surface area contributed by atoms with Crippen LogP contribution in [0.4, 0.5) is 11.4 Å². The van der Waals surface area contributed by atoms with Crippen molar-refractivity contribution in [1.82, 2.24) is 4.90 Å². The summed E-state index contributed by atoms with van der Waals surface area (Å²) in [4.78, 5) is 49.4. The van der Waals surface area contributed by atoms with Crippen molar-refractivity contribution >= 4 is 23.3 Å². The third kappa shape index (κ3) is 4.74. The number of benzene rings is 2. The standard InChI is InChI=1S/C24H23N3O8/c1-14-20(23(28)34-3)22(16-9-7-10-18(12-16)26(30)31)21(24(29)35-4)15(2)25(14)13-17-8-5-6-11-19(17)27(32)33/h5-12,22H,13H2,1-4H3. The van der Waals surface area contributed by atoms with Crippen LogP contribution >= 0.6 is 0 Å². The van der Waals surface area contributed by atoms with Crippen LogP contribution in [-0.2, 0) is 25.6 Å². The van der Waals surface area contributed by atoms with Crippen molar-refractivity contribution < 1.29 is 28.9 Å². The molecule has 0 radical (unpaired) electrons. The lowest BCUT2D eigenvalue weighted by Gasteiger charge is -2.37. The molecular formula is C24H23N3O8. The van der Waals surface area contributed by atoms with E-state index in [0.717, 1.165) is 0 Å². The number of rotatable bonds is 7. The van der Waals surface area contributed by atoms with Crippen molar-refractivity contribution in [3.8, 4) is 0 Å². The van der Waals surface area contributed by atoms with Crippen LogP contribution in [0.15, 0.2) is 71.1 Å². The summed E-state index contributed by atoms with van der Waals surface area (Å²) in [7, 11) is 2.37. The first-order valence-electron chi connectivity index (χ1n) is 10.4. The number of hydrogen-bond acceptors (Lipinski definition) is 9. The van der Waals surface area contributed by atoms with Gasteiger partial charge in [0.2, 0.25) is 0 Å². The molecular weight excluding hydrogens is 458 g/mol. The van der Waals surface area contributed by atoms with E-state index in [-0.39, 0.29) is 29.1 Å². The second kappa shape index (κ2) is 10.2. The molecule has 0 spiro atoms. The lowest BCUT2D eigenvalue weighted by Crippen LogP contribution is -2.35. The van der Waals surface area contributed by atoms with Crippen molar-refractivity contribution in [3.63, 3.8) is 0 Å². The van der Waals surface area contributed by atoms with E-state index in [1.807, 2.05) is 0 Å². The maximum Gasteiger partial charge on any atom is 0.336 e. The maximum absolute atomic E-state index is 13.0. The van der Waals surface area contributed by atoms with Gasteiger partial charge in [0.25, 0.3) is 11.4 Å². The molecule has 1 aliphatic rings. The third-order valence-electron chi connectivity index (χ3n) is 5.91. The molecule has 35 heavy (non-hydrogen) atoms. The minimum absolute atomic E-state index is 0.0164. The highest BCUT2D eigenvalue weighted by Gasteiger charge is 2.41. The van der Waals surface area contributed by atoms with Gasteiger partial charge in [-0.1, -0.05) is 30.3 Å². The first-order chi connectivity index (χ1) is 16.6. The quantitative estimate of drug-likeness (QED) is 0.326. The highest BCUT2D eigenvalue weighted by Crippen LogP contribution is 2.44. The largest absolute Gasteiger partial charge is 0.466 e. The van der Waals surface area contributed by atoms with E-state index >= 15 is 0 Å². The molecule has 2 aromatic rings. The molecule has 1 heterocycles. The van der Waals surface area contributed by atoms with Gasteiger partial charge in [-0.2, -0.15) is 0 Å². The van der Waals surface area contributed by atoms with E-state index in [4.69, 9.17) is 9.47 Å². The first-order valence-corrected chi connectivity index (χ1v) is 10.4. The highest BCUT2D eigenvalue weighted by molar-refractivity contribution is 5.99. The Hall–Kier alpha value is -4.54. The summed E-state index contributed by atoms with van der Waals surface area (Å²) >= 11 is 0. The molecule has 0 saturated heterocycles. The Bertz CT molecular complexity index is 1240. The van der Waals surface area contributed by atoms with Gasteiger partial charge in [-0.05, 0) is 19.4 Å². The first kappa shape index (κ1) is 25.1. The zero-order valence-corrected chi connectivity index (χ0v) is 19.5. The number of para-hydroxylation sites is 1. The number of nitro benzene ring substituents is 2. The molecule has 1 aliphatic heterocycles. The minimum Gasteiger partial charge on any atom is -0.466 e. The summed E-state index contributed by atoms with van der Waals surface area (Å²) in [6.07, 6.45) is 0. The van der Waals surface area contributed by atoms with Crippen molar-refractivity contribution in [3.05, 3.63) is 102 Å². The molecule has 0 fully saturated rings. The molecule has 11 nitrogen and oxygen atoms in total. The molecule has 0 aliphatic carbocycles. The molecule has 0 saturated carbocycles. The molecule has 0 atom stereocenters. The number of methoxy groups -OCH3 is 2. The summed E-state index contributed by atoms with van der Waals surface area (Å²) in [6, 6.07) is 11.8. The van der Waals surface area contributed by atoms with Crippen molar-refractivity contribution in [2.24, 2.45) is 0 Å². The molecule has 0 unspecified atom stereocenters. The fourth-order valence-electron chi connectivity index (χ4n) is 4.24. The van der Waals surface area contributed by atoms with Crippen molar-refractivity contribution in [2.75, 3.05) is 14.2 Å². The number of carbonyl (C=O) groups is 2. The molecule has 182 valence electrons. The van der Waals surface area contributed by atoms with Gasteiger partial charge in [-0.25, -0.2) is 9.59 Å². The molecule has 0 amide bonds. The number of non-ortho nitro benzene ring substituents is 1. The zero-order valence-electron chi connectivity index (χ0n) is 19.5. The number of carbonyl (C=O) groups excluding carboxylic acids is 2. The van der Waals surface area contributed by atoms with Crippen molar-refractivity contribution in [2.45, 2.75) is 26.3 Å². The van der Waals surface area contributed by atoms with Crippen LogP contribution in [0.2, 0.25) is 0 Å². The number of hydrogen-bond donors (Lipinski definition) is 0. The van der Waals surface area contributed by atoms with Gasteiger partial charge in [0, 0.05) is 35.2 Å². The lowest BCUT2D eigenvalue weighted by molar-refractivity contribution is -0.385. The summed E-state index contributed by atoms with van der Waals surface area (Å²) in [6.45, 7) is 3.24. The van der Waals surface area contributed by atoms with Crippen LogP contribution in [0.5, 0.6) is 0 Å². The van der Waals surface area contributed by atoms with Gasteiger partial charge >= 0.3 is 11.9 Å². The number of nitro groups is 2. The topological polar surface area (TPSA) is 142 Å². The monoisotopic (exact) mass is 481 g/mol. The number of nitrogens with zero attached hydrogens (tertiary/aromatic N) is 3. The Morgan fingerprint density at radius 1 is 0.886 bits per heavy atom. The van der Waals surface area contributed by atoms with Crippen LogP contribution in [0, 0.1) is 20.2 Å². The predicted octanol–water partition coefficient (Wildman–Crippen LogP) is 4.00. The van der Waals surface area contributed by atoms with Gasteiger partial charge in [0.05, 0.1) is 47.7 Å². The van der Waals surface area contributed by atoms with E-state index in [1.165, 1.54) is 38.5 Å². The van der Waals surface area contributed by atoms with E-state index in [2.05, 4.69) is 0 Å². The Balaban J connectivity index is 2.28. The number of allylic oxidation sites excluding steroid dienone is 2. The second-order valence-corrected chi connectivity index (χ2v) is 7.74. The normalized spacial score (nSPS) is 14.1. The van der Waals surface area contributed by atoms with E-state index in [0.29, 0.717) is 22.5 Å². The molecule has 0 aromatic heterocycles. The summed E-state index contributed by atoms with van der Waals surface area (Å²) in [5.41, 5.74) is 1.26. The van der Waals surface area contributed by atoms with Crippen LogP contribution in [-0.4, -0.2) is 40.9 Å². The average molecular weight is 481 g/mol. The highest BCUT2D eigenvalue weighted by atomic mass is 16.6. The molecule has 11 heteroatoms. The fraction of sp³-hybridized carbons (Fsp3) is 0.250. The Morgan fingerprint density at radius 3 is 1.97 bits per heavy atom. The van der Waals surface area contributed by atoms with Crippen LogP contribution in [0.3, 0.4) is 0 Å². The van der Waals surface area contributed by atoms with E-state index in [1.54, 1.807) is 43.0 Å². The van der Waals surface area contributed by atoms with E-state index in [9.17, 15) is 29.8 Å². The Labute approximate surface area is 200 Å². The second-order valence-electron chi connectivity index (χ2n) is 7.74. The summed E-state index contributed by atoms with van der Waals surface area (Å²) in [5.74, 6) is -2.52. The Kier molecular flexibility index (Phi) is 7.28. The van der Waals surface area contributed by atoms with Crippen LogP contribution in [0.25, 0.3) is 0 Å². The lowest BCUT2D eigenvalue weighted by atomic mass is 9.79. The molecule has 2 aromatic carbocycles. The number of esters is 2. The smallest absolute Gasteiger partial charge is 0.336 e. The van der Waals surface area contributed by atoms with Gasteiger partial charge < -0.3 is 14.4 Å². The third-order valence-corrected chi connectivity index (χ3v) is 5.91. The average Bonchev–Trinajstić information content (AvgIpc) is 2.85. The maximum atomic E-state index is 13.0. The number of ether oxygens (including phenoxy) is 2. The predicted molar refractivity (Wildman–Crippen MR) is 124 cm³/mol. The van der Waals surface area contributed by atoms with Crippen LogP contribution < -0.4 is 0 Å². The zero-order chi connectivity index (χ0) is 25.9. The minimum atomic E-state index is -1.02. The molecule has 0 N–H and O–H groups in total. The van der Waals surface area contributed by atoms with Gasteiger partial charge in [-0.3, -0.25) is 20.2 Å². The van der Waals surface area contributed by atoms with E-state index < -0.39 is 27.7 Å². The molecule has 3 rings (SSSR count). The SMILES string of the molecule is COC(=O)C1=C(C)N(Cc2ccccc2[N+](=O)[O-])C(C)=C(C(=O)OC)C1c1cccc([N+](=O)[O-])c1. The van der Waals surface area contributed by atoms with Gasteiger partial charge in [0.1, 0.15) is 0 Å².